The molecule has 8 nitrogen and oxygen atoms in total. The van der Waals surface area contributed by atoms with Crippen LogP contribution < -0.4 is 4.74 Å². The lowest BCUT2D eigenvalue weighted by molar-refractivity contribution is 0.0286. The van der Waals surface area contributed by atoms with Crippen molar-refractivity contribution in [1.82, 2.24) is 20.0 Å². The average molecular weight is 447 g/mol. The number of benzene rings is 1. The zero-order chi connectivity index (χ0) is 23.5. The Hall–Kier alpha value is -2.32. The number of H-pyrrole nitrogens is 1. The van der Waals surface area contributed by atoms with Crippen molar-refractivity contribution in [2.24, 2.45) is 5.92 Å². The van der Waals surface area contributed by atoms with Crippen LogP contribution in [0.4, 0.5) is 4.79 Å². The average Bonchev–Trinajstić information content (AvgIpc) is 3.32. The number of nitrogens with zero attached hydrogens (tertiary/aromatic N) is 3. The van der Waals surface area contributed by atoms with Crippen LogP contribution in [0.15, 0.2) is 18.2 Å². The summed E-state index contributed by atoms with van der Waals surface area (Å²) in [7, 11) is 3.78. The third-order valence-corrected chi connectivity index (χ3v) is 5.59. The van der Waals surface area contributed by atoms with Gasteiger partial charge in [0.25, 0.3) is 0 Å². The smallest absolute Gasteiger partial charge is 0.410 e. The molecule has 2 unspecified atom stereocenters. The zero-order valence-electron chi connectivity index (χ0n) is 20.5. The lowest BCUT2D eigenvalue weighted by Crippen LogP contribution is -2.38. The van der Waals surface area contributed by atoms with Crippen LogP contribution >= 0.6 is 0 Å². The van der Waals surface area contributed by atoms with Crippen LogP contribution in [0.25, 0.3) is 10.9 Å². The number of carbonyl (C=O) groups is 1. The van der Waals surface area contributed by atoms with E-state index in [9.17, 15) is 4.79 Å². The van der Waals surface area contributed by atoms with Gasteiger partial charge in [0.1, 0.15) is 17.5 Å². The minimum absolute atomic E-state index is 0.0845. The van der Waals surface area contributed by atoms with Gasteiger partial charge in [0.15, 0.2) is 0 Å². The quantitative estimate of drug-likeness (QED) is 0.659. The van der Waals surface area contributed by atoms with Crippen LogP contribution in [0.2, 0.25) is 0 Å². The summed E-state index contributed by atoms with van der Waals surface area (Å²) < 4.78 is 17.5. The second-order valence-electron chi connectivity index (χ2n) is 10.1. The van der Waals surface area contributed by atoms with Crippen molar-refractivity contribution in [3.8, 4) is 5.75 Å². The van der Waals surface area contributed by atoms with Gasteiger partial charge in [0, 0.05) is 38.5 Å². The molecule has 3 rings (SSSR count). The minimum atomic E-state index is -0.494. The van der Waals surface area contributed by atoms with E-state index < -0.39 is 5.60 Å². The van der Waals surface area contributed by atoms with Gasteiger partial charge in [-0.15, -0.1) is 0 Å². The Balaban J connectivity index is 1.56. The summed E-state index contributed by atoms with van der Waals surface area (Å²) in [5, 5.41) is 8.63. The second kappa shape index (κ2) is 10.1. The van der Waals surface area contributed by atoms with Crippen LogP contribution in [0.1, 0.15) is 46.7 Å². The first-order valence-corrected chi connectivity index (χ1v) is 11.4. The minimum Gasteiger partial charge on any atom is -0.488 e. The van der Waals surface area contributed by atoms with Crippen LogP contribution in [-0.2, 0) is 16.0 Å². The third-order valence-electron chi connectivity index (χ3n) is 5.59. The molecule has 2 aromatic rings. The van der Waals surface area contributed by atoms with E-state index in [1.807, 2.05) is 40.0 Å². The highest BCUT2D eigenvalue weighted by molar-refractivity contribution is 5.82. The van der Waals surface area contributed by atoms with E-state index >= 15 is 0 Å². The Morgan fingerprint density at radius 1 is 1.28 bits per heavy atom. The molecule has 2 heterocycles. The summed E-state index contributed by atoms with van der Waals surface area (Å²) in [4.78, 5) is 15.9. The number of hydrogen-bond donors (Lipinski definition) is 1. The number of hydrogen-bond acceptors (Lipinski definition) is 6. The fourth-order valence-electron chi connectivity index (χ4n) is 3.70. The first kappa shape index (κ1) is 24.3. The molecule has 1 aliphatic rings. The van der Waals surface area contributed by atoms with Gasteiger partial charge in [-0.25, -0.2) is 4.79 Å². The van der Waals surface area contributed by atoms with Crippen molar-refractivity contribution in [2.45, 2.75) is 65.4 Å². The van der Waals surface area contributed by atoms with Gasteiger partial charge in [-0.3, -0.25) is 10.00 Å². The van der Waals surface area contributed by atoms with Crippen LogP contribution in [-0.4, -0.2) is 77.7 Å². The fraction of sp³-hybridized carbons (Fsp3) is 0.667. The molecular weight excluding hydrogens is 408 g/mol. The van der Waals surface area contributed by atoms with Crippen molar-refractivity contribution >= 4 is 17.0 Å². The summed E-state index contributed by atoms with van der Waals surface area (Å²) >= 11 is 0. The molecule has 0 radical (unpaired) electrons. The molecule has 1 N–H and O–H groups in total. The number of fused-ring (bicyclic) bond motifs is 1. The maximum atomic E-state index is 12.1. The SMILES string of the molecule is CC(C)C1CC(Oc2ccc3n[nH]c(CN(C)CCN(C)C(=O)OC(C)(C)C)c3c2)CO1. The Bertz CT molecular complexity index is 905. The summed E-state index contributed by atoms with van der Waals surface area (Å²) in [5.74, 6) is 1.34. The normalized spacial score (nSPS) is 19.2. The number of aromatic nitrogens is 2. The lowest BCUT2D eigenvalue weighted by Gasteiger charge is -2.26. The van der Waals surface area contributed by atoms with Crippen LogP contribution in [0.3, 0.4) is 0 Å². The number of amides is 1. The molecule has 1 aromatic heterocycles. The zero-order valence-corrected chi connectivity index (χ0v) is 20.5. The van der Waals surface area contributed by atoms with Crippen molar-refractivity contribution < 1.29 is 19.0 Å². The van der Waals surface area contributed by atoms with E-state index in [1.54, 1.807) is 11.9 Å². The van der Waals surface area contributed by atoms with Crippen LogP contribution in [0.5, 0.6) is 5.75 Å². The molecule has 0 saturated carbocycles. The molecule has 32 heavy (non-hydrogen) atoms. The second-order valence-corrected chi connectivity index (χ2v) is 10.1. The summed E-state index contributed by atoms with van der Waals surface area (Å²) in [6, 6.07) is 6.00. The third kappa shape index (κ3) is 6.59. The maximum Gasteiger partial charge on any atom is 0.410 e. The number of aromatic amines is 1. The summed E-state index contributed by atoms with van der Waals surface area (Å²) in [6.45, 7) is 12.6. The van der Waals surface area contributed by atoms with Gasteiger partial charge in [0.05, 0.1) is 23.9 Å². The molecule has 0 bridgehead atoms. The standard InChI is InChI=1S/C24H38N4O4/c1-16(2)22-13-18(15-30-22)31-17-8-9-20-19(12-17)21(26-25-20)14-27(6)10-11-28(7)23(29)32-24(3,4)5/h8-9,12,16,18,22H,10-11,13-15H2,1-7H3,(H,25,26). The molecule has 8 heteroatoms. The monoisotopic (exact) mass is 446 g/mol. The first-order valence-electron chi connectivity index (χ1n) is 11.4. The van der Waals surface area contributed by atoms with E-state index in [2.05, 4.69) is 35.0 Å². The number of carbonyl (C=O) groups excluding carboxylic acids is 1. The Kier molecular flexibility index (Phi) is 7.67. The molecule has 1 aliphatic heterocycles. The molecule has 0 aliphatic carbocycles. The molecular formula is C24H38N4O4. The predicted octanol–water partition coefficient (Wildman–Crippen LogP) is 4.05. The van der Waals surface area contributed by atoms with Gasteiger partial charge in [-0.05, 0) is 51.9 Å². The largest absolute Gasteiger partial charge is 0.488 e. The number of nitrogens with one attached hydrogen (secondary N) is 1. The van der Waals surface area contributed by atoms with Gasteiger partial charge >= 0.3 is 6.09 Å². The molecule has 178 valence electrons. The number of rotatable bonds is 8. The van der Waals surface area contributed by atoms with Crippen molar-refractivity contribution in [3.05, 3.63) is 23.9 Å². The van der Waals surface area contributed by atoms with Gasteiger partial charge in [0.2, 0.25) is 0 Å². The number of ether oxygens (including phenoxy) is 3. The molecule has 0 spiro atoms. The lowest BCUT2D eigenvalue weighted by atomic mass is 10.0. The highest BCUT2D eigenvalue weighted by Crippen LogP contribution is 2.27. The Morgan fingerprint density at radius 2 is 2.03 bits per heavy atom. The number of likely N-dealkylation sites (N-methyl/N-ethyl adjacent to an activating group) is 2. The highest BCUT2D eigenvalue weighted by Gasteiger charge is 2.29. The molecule has 1 saturated heterocycles. The molecule has 2 atom stereocenters. The van der Waals surface area contributed by atoms with Crippen molar-refractivity contribution in [1.29, 1.82) is 0 Å². The maximum absolute atomic E-state index is 12.1. The molecule has 1 amide bonds. The van der Waals surface area contributed by atoms with Crippen molar-refractivity contribution in [3.63, 3.8) is 0 Å². The van der Waals surface area contributed by atoms with E-state index in [-0.39, 0.29) is 18.3 Å². The van der Waals surface area contributed by atoms with E-state index in [0.717, 1.165) is 28.8 Å². The summed E-state index contributed by atoms with van der Waals surface area (Å²) in [6.07, 6.45) is 0.958. The highest BCUT2D eigenvalue weighted by atomic mass is 16.6. The van der Waals surface area contributed by atoms with E-state index in [0.29, 0.717) is 32.2 Å². The molecule has 1 fully saturated rings. The Morgan fingerprint density at radius 3 is 2.69 bits per heavy atom. The van der Waals surface area contributed by atoms with Gasteiger partial charge < -0.3 is 19.1 Å². The molecule has 1 aromatic carbocycles. The topological polar surface area (TPSA) is 79.9 Å². The van der Waals surface area contributed by atoms with Crippen molar-refractivity contribution in [2.75, 3.05) is 33.8 Å². The first-order chi connectivity index (χ1) is 15.0. The summed E-state index contributed by atoms with van der Waals surface area (Å²) in [5.41, 5.74) is 1.44. The predicted molar refractivity (Wildman–Crippen MR) is 125 cm³/mol. The van der Waals surface area contributed by atoms with E-state index in [1.165, 1.54) is 0 Å². The van der Waals surface area contributed by atoms with Gasteiger partial charge in [-0.2, -0.15) is 5.10 Å². The fourth-order valence-corrected chi connectivity index (χ4v) is 3.70. The Labute approximate surface area is 191 Å². The van der Waals surface area contributed by atoms with Crippen LogP contribution in [0, 0.1) is 5.92 Å². The van der Waals surface area contributed by atoms with E-state index in [4.69, 9.17) is 14.2 Å². The van der Waals surface area contributed by atoms with Gasteiger partial charge in [-0.1, -0.05) is 13.8 Å².